The molecule has 0 rings (SSSR count). The fourth-order valence-electron chi connectivity index (χ4n) is 1.45. The molecule has 0 fully saturated rings. The summed E-state index contributed by atoms with van der Waals surface area (Å²) < 4.78 is 5.54. The molecule has 0 radical (unpaired) electrons. The lowest BCUT2D eigenvalue weighted by Crippen LogP contribution is -2.21. The zero-order valence-electron chi connectivity index (χ0n) is 12.9. The lowest BCUT2D eigenvalue weighted by molar-refractivity contribution is 0.241. The Balaban J connectivity index is 4.53. The SMILES string of the molecule is C=CC/C=C(\C=C/C/C(=N/CCC)N(C)C)OCC. The van der Waals surface area contributed by atoms with Crippen molar-refractivity contribution >= 4 is 5.84 Å². The summed E-state index contributed by atoms with van der Waals surface area (Å²) >= 11 is 0. The molecule has 0 N–H and O–H groups in total. The van der Waals surface area contributed by atoms with Crippen LogP contribution in [0.5, 0.6) is 0 Å². The van der Waals surface area contributed by atoms with E-state index in [1.807, 2.05) is 39.2 Å². The van der Waals surface area contributed by atoms with Gasteiger partial charge in [0, 0.05) is 27.1 Å². The summed E-state index contributed by atoms with van der Waals surface area (Å²) in [6.45, 7) is 9.39. The first-order valence-electron chi connectivity index (χ1n) is 6.96. The predicted molar refractivity (Wildman–Crippen MR) is 84.6 cm³/mol. The van der Waals surface area contributed by atoms with Gasteiger partial charge in [-0.2, -0.15) is 0 Å². The van der Waals surface area contributed by atoms with Crippen molar-refractivity contribution in [3.63, 3.8) is 0 Å². The summed E-state index contributed by atoms with van der Waals surface area (Å²) in [6, 6.07) is 0. The second kappa shape index (κ2) is 11.6. The van der Waals surface area contributed by atoms with Crippen molar-refractivity contribution in [2.75, 3.05) is 27.2 Å². The van der Waals surface area contributed by atoms with Crippen molar-refractivity contribution in [2.45, 2.75) is 33.1 Å². The van der Waals surface area contributed by atoms with Crippen LogP contribution in [0.1, 0.15) is 33.1 Å². The van der Waals surface area contributed by atoms with Gasteiger partial charge in [0.15, 0.2) is 0 Å². The van der Waals surface area contributed by atoms with Gasteiger partial charge in [-0.25, -0.2) is 0 Å². The van der Waals surface area contributed by atoms with Gasteiger partial charge in [0.2, 0.25) is 0 Å². The van der Waals surface area contributed by atoms with E-state index >= 15 is 0 Å². The quantitative estimate of drug-likeness (QED) is 0.208. The molecule has 0 aromatic rings. The van der Waals surface area contributed by atoms with Crippen molar-refractivity contribution in [1.29, 1.82) is 0 Å². The Morgan fingerprint density at radius 1 is 1.32 bits per heavy atom. The molecule has 0 saturated heterocycles. The van der Waals surface area contributed by atoms with E-state index in [1.165, 1.54) is 0 Å². The maximum atomic E-state index is 5.54. The van der Waals surface area contributed by atoms with Crippen LogP contribution in [-0.4, -0.2) is 38.0 Å². The average molecular weight is 264 g/mol. The van der Waals surface area contributed by atoms with Crippen LogP contribution < -0.4 is 0 Å². The fourth-order valence-corrected chi connectivity index (χ4v) is 1.45. The number of amidine groups is 1. The molecule has 0 aromatic heterocycles. The van der Waals surface area contributed by atoms with Crippen LogP contribution in [0.25, 0.3) is 0 Å². The zero-order chi connectivity index (χ0) is 14.5. The number of nitrogens with zero attached hydrogens (tertiary/aromatic N) is 2. The number of hydrogen-bond acceptors (Lipinski definition) is 2. The van der Waals surface area contributed by atoms with E-state index in [9.17, 15) is 0 Å². The third kappa shape index (κ3) is 9.11. The van der Waals surface area contributed by atoms with E-state index in [-0.39, 0.29) is 0 Å². The van der Waals surface area contributed by atoms with Crippen molar-refractivity contribution in [1.82, 2.24) is 4.90 Å². The summed E-state index contributed by atoms with van der Waals surface area (Å²) in [7, 11) is 4.05. The normalized spacial score (nSPS) is 12.8. The molecule has 0 atom stereocenters. The highest BCUT2D eigenvalue weighted by Gasteiger charge is 1.99. The van der Waals surface area contributed by atoms with Crippen LogP contribution in [0.3, 0.4) is 0 Å². The molecule has 0 amide bonds. The molecular formula is C16H28N2O. The maximum absolute atomic E-state index is 5.54. The summed E-state index contributed by atoms with van der Waals surface area (Å²) in [5.41, 5.74) is 0. The molecule has 19 heavy (non-hydrogen) atoms. The molecular weight excluding hydrogens is 236 g/mol. The van der Waals surface area contributed by atoms with Crippen molar-refractivity contribution in [2.24, 2.45) is 4.99 Å². The molecule has 0 aliphatic heterocycles. The van der Waals surface area contributed by atoms with Crippen LogP contribution in [-0.2, 0) is 4.74 Å². The second-order valence-electron chi connectivity index (χ2n) is 4.36. The van der Waals surface area contributed by atoms with E-state index in [0.717, 1.165) is 37.4 Å². The number of rotatable bonds is 9. The Morgan fingerprint density at radius 3 is 2.58 bits per heavy atom. The minimum absolute atomic E-state index is 0.678. The molecule has 0 spiro atoms. The molecule has 3 nitrogen and oxygen atoms in total. The number of allylic oxidation sites excluding steroid dienone is 3. The zero-order valence-corrected chi connectivity index (χ0v) is 12.9. The molecule has 0 unspecified atom stereocenters. The monoisotopic (exact) mass is 264 g/mol. The summed E-state index contributed by atoms with van der Waals surface area (Å²) in [4.78, 5) is 6.62. The molecule has 0 aliphatic carbocycles. The van der Waals surface area contributed by atoms with Crippen LogP contribution in [0, 0.1) is 0 Å². The van der Waals surface area contributed by atoms with E-state index < -0.39 is 0 Å². The number of hydrogen-bond donors (Lipinski definition) is 0. The van der Waals surface area contributed by atoms with Gasteiger partial charge in [0.1, 0.15) is 11.6 Å². The summed E-state index contributed by atoms with van der Waals surface area (Å²) in [5, 5.41) is 0. The molecule has 108 valence electrons. The van der Waals surface area contributed by atoms with Gasteiger partial charge in [-0.1, -0.05) is 19.1 Å². The third-order valence-electron chi connectivity index (χ3n) is 2.41. The Bertz CT molecular complexity index is 328. The third-order valence-corrected chi connectivity index (χ3v) is 2.41. The Labute approximate surface area is 118 Å². The van der Waals surface area contributed by atoms with Gasteiger partial charge >= 0.3 is 0 Å². The lowest BCUT2D eigenvalue weighted by atomic mass is 10.2. The lowest BCUT2D eigenvalue weighted by Gasteiger charge is -2.14. The van der Waals surface area contributed by atoms with Crippen molar-refractivity contribution < 1.29 is 4.74 Å². The van der Waals surface area contributed by atoms with Crippen LogP contribution in [0.4, 0.5) is 0 Å². The molecule has 3 heteroatoms. The van der Waals surface area contributed by atoms with Gasteiger partial charge in [-0.15, -0.1) is 6.58 Å². The van der Waals surface area contributed by atoms with E-state index in [0.29, 0.717) is 6.61 Å². The molecule has 0 aromatic carbocycles. The van der Waals surface area contributed by atoms with E-state index in [1.54, 1.807) is 0 Å². The average Bonchev–Trinajstić information content (AvgIpc) is 2.39. The highest BCUT2D eigenvalue weighted by atomic mass is 16.5. The second-order valence-corrected chi connectivity index (χ2v) is 4.36. The molecule has 0 aliphatic rings. The smallest absolute Gasteiger partial charge is 0.115 e. The van der Waals surface area contributed by atoms with Gasteiger partial charge in [-0.3, -0.25) is 4.99 Å². The summed E-state index contributed by atoms with van der Waals surface area (Å²) in [6.07, 6.45) is 10.7. The first kappa shape index (κ1) is 17.5. The molecule has 0 bridgehead atoms. The number of aliphatic imine (C=N–C) groups is 1. The van der Waals surface area contributed by atoms with Gasteiger partial charge in [0.25, 0.3) is 0 Å². The molecule has 0 heterocycles. The van der Waals surface area contributed by atoms with Gasteiger partial charge in [0.05, 0.1) is 6.61 Å². The summed E-state index contributed by atoms with van der Waals surface area (Å²) in [5.74, 6) is 1.99. The Kier molecular flexibility index (Phi) is 10.7. The van der Waals surface area contributed by atoms with Crippen molar-refractivity contribution in [3.8, 4) is 0 Å². The van der Waals surface area contributed by atoms with E-state index in [2.05, 4.69) is 29.5 Å². The highest BCUT2D eigenvalue weighted by Crippen LogP contribution is 2.04. The van der Waals surface area contributed by atoms with Crippen LogP contribution in [0.15, 0.2) is 41.6 Å². The standard InChI is InChI=1S/C16H28N2O/c1-6-9-11-15(19-8-3)12-10-13-16(18(4)5)17-14-7-2/h6,10-12H,1,7-9,13-14H2,2-5H3/b12-10-,15-11+,17-16-. The molecule has 0 saturated carbocycles. The van der Waals surface area contributed by atoms with Crippen LogP contribution in [0.2, 0.25) is 0 Å². The number of ether oxygens (including phenoxy) is 1. The largest absolute Gasteiger partial charge is 0.494 e. The Morgan fingerprint density at radius 2 is 2.05 bits per heavy atom. The fraction of sp³-hybridized carbons (Fsp3) is 0.562. The highest BCUT2D eigenvalue weighted by molar-refractivity contribution is 5.83. The minimum Gasteiger partial charge on any atom is -0.494 e. The van der Waals surface area contributed by atoms with E-state index in [4.69, 9.17) is 4.74 Å². The predicted octanol–water partition coefficient (Wildman–Crippen LogP) is 3.80. The first-order valence-corrected chi connectivity index (χ1v) is 6.96. The maximum Gasteiger partial charge on any atom is 0.115 e. The van der Waals surface area contributed by atoms with Gasteiger partial charge < -0.3 is 9.64 Å². The van der Waals surface area contributed by atoms with Crippen LogP contribution >= 0.6 is 0 Å². The topological polar surface area (TPSA) is 24.8 Å². The Hall–Kier alpha value is -1.51. The van der Waals surface area contributed by atoms with Gasteiger partial charge in [-0.05, 0) is 31.9 Å². The minimum atomic E-state index is 0.678. The van der Waals surface area contributed by atoms with Crippen molar-refractivity contribution in [3.05, 3.63) is 36.6 Å². The first-order chi connectivity index (χ1) is 9.15.